The lowest BCUT2D eigenvalue weighted by Gasteiger charge is -2.60. The maximum Gasteiger partial charge on any atom is 0.193 e. The average molecular weight is 473 g/mol. The highest BCUT2D eigenvalue weighted by molar-refractivity contribution is 14.0. The normalized spacial score (nSPS) is 26.8. The average Bonchev–Trinajstić information content (AvgIpc) is 2.63. The van der Waals surface area contributed by atoms with Gasteiger partial charge in [0.15, 0.2) is 5.96 Å². The zero-order chi connectivity index (χ0) is 17.9. The fraction of sp³-hybridized carbons (Fsp3) is 0.650. The summed E-state index contributed by atoms with van der Waals surface area (Å²) in [5.41, 5.74) is 0.141. The first-order valence-electron chi connectivity index (χ1n) is 9.28. The van der Waals surface area contributed by atoms with Crippen molar-refractivity contribution in [2.75, 3.05) is 33.9 Å². The molecule has 26 heavy (non-hydrogen) atoms. The molecule has 146 valence electrons. The number of para-hydroxylation sites is 1. The molecule has 1 saturated heterocycles. The molecule has 1 aliphatic carbocycles. The molecule has 0 radical (unpaired) electrons. The van der Waals surface area contributed by atoms with Gasteiger partial charge in [-0.15, -0.1) is 24.0 Å². The van der Waals surface area contributed by atoms with Crippen LogP contribution in [-0.4, -0.2) is 56.9 Å². The second kappa shape index (κ2) is 9.26. The molecule has 0 amide bonds. The summed E-state index contributed by atoms with van der Waals surface area (Å²) in [7, 11) is 3.90. The topological polar surface area (TPSA) is 46.1 Å². The summed E-state index contributed by atoms with van der Waals surface area (Å²) in [6.45, 7) is 6.91. The molecule has 1 aliphatic heterocycles. The third-order valence-electron chi connectivity index (χ3n) is 5.63. The summed E-state index contributed by atoms with van der Waals surface area (Å²) in [4.78, 5) is 6.61. The van der Waals surface area contributed by atoms with Gasteiger partial charge in [-0.05, 0) is 25.0 Å². The van der Waals surface area contributed by atoms with E-state index in [0.717, 1.165) is 31.3 Å². The number of hydrogen-bond donors (Lipinski definition) is 1. The molecule has 0 spiro atoms. The van der Waals surface area contributed by atoms with Crippen LogP contribution in [0.3, 0.4) is 0 Å². The van der Waals surface area contributed by atoms with Crippen LogP contribution in [0, 0.1) is 11.3 Å². The summed E-state index contributed by atoms with van der Waals surface area (Å²) in [5.74, 6) is 2.43. The fourth-order valence-electron chi connectivity index (χ4n) is 4.22. The molecule has 0 bridgehead atoms. The maximum absolute atomic E-state index is 6.00. The molecule has 1 aromatic rings. The van der Waals surface area contributed by atoms with Crippen molar-refractivity contribution in [2.45, 2.75) is 38.8 Å². The molecule has 3 atom stereocenters. The monoisotopic (exact) mass is 473 g/mol. The van der Waals surface area contributed by atoms with Crippen LogP contribution >= 0.6 is 24.0 Å². The number of likely N-dealkylation sites (N-methyl/N-ethyl adjacent to an activating group) is 1. The number of nitrogens with zero attached hydrogens (tertiary/aromatic N) is 2. The van der Waals surface area contributed by atoms with Gasteiger partial charge in [0.05, 0.1) is 12.6 Å². The molecule has 5 nitrogen and oxygen atoms in total. The number of rotatable bonds is 5. The van der Waals surface area contributed by atoms with Crippen molar-refractivity contribution in [1.29, 1.82) is 0 Å². The first-order valence-corrected chi connectivity index (χ1v) is 9.28. The van der Waals surface area contributed by atoms with Gasteiger partial charge in [-0.3, -0.25) is 4.99 Å². The number of fused-ring (bicyclic) bond motifs is 1. The number of aliphatic imine (C=N–C) groups is 1. The van der Waals surface area contributed by atoms with Crippen LogP contribution in [-0.2, 0) is 4.74 Å². The Morgan fingerprint density at radius 1 is 1.35 bits per heavy atom. The van der Waals surface area contributed by atoms with Gasteiger partial charge in [-0.1, -0.05) is 32.0 Å². The Balaban J connectivity index is 0.00000243. The maximum atomic E-state index is 6.00. The molecule has 1 saturated carbocycles. The van der Waals surface area contributed by atoms with Gasteiger partial charge in [-0.25, -0.2) is 0 Å². The van der Waals surface area contributed by atoms with Crippen LogP contribution in [0.15, 0.2) is 35.3 Å². The molecule has 1 N–H and O–H groups in total. The smallest absolute Gasteiger partial charge is 0.193 e. The number of nitrogens with one attached hydrogen (secondary N) is 1. The zero-order valence-electron chi connectivity index (χ0n) is 16.3. The molecule has 2 aliphatic rings. The molecule has 3 rings (SSSR count). The predicted molar refractivity (Wildman–Crippen MR) is 117 cm³/mol. The van der Waals surface area contributed by atoms with E-state index in [-0.39, 0.29) is 29.4 Å². The largest absolute Gasteiger partial charge is 0.492 e. The van der Waals surface area contributed by atoms with Crippen LogP contribution < -0.4 is 10.1 Å². The molecule has 3 unspecified atom stereocenters. The zero-order valence-corrected chi connectivity index (χ0v) is 18.6. The number of hydrogen-bond acceptors (Lipinski definition) is 3. The minimum Gasteiger partial charge on any atom is -0.492 e. The lowest BCUT2D eigenvalue weighted by Crippen LogP contribution is -2.71. The molecular formula is C20H32IN3O2. The van der Waals surface area contributed by atoms with Gasteiger partial charge in [0.2, 0.25) is 0 Å². The van der Waals surface area contributed by atoms with E-state index in [1.807, 2.05) is 37.4 Å². The molecule has 1 heterocycles. The molecule has 1 aromatic carbocycles. The molecule has 0 aromatic heterocycles. The van der Waals surface area contributed by atoms with Crippen molar-refractivity contribution in [3.63, 3.8) is 0 Å². The third kappa shape index (κ3) is 4.44. The number of halogens is 1. The van der Waals surface area contributed by atoms with E-state index in [9.17, 15) is 0 Å². The van der Waals surface area contributed by atoms with Crippen LogP contribution in [0.5, 0.6) is 5.75 Å². The Morgan fingerprint density at radius 2 is 2.08 bits per heavy atom. The van der Waals surface area contributed by atoms with E-state index in [4.69, 9.17) is 9.47 Å². The minimum absolute atomic E-state index is 0. The third-order valence-corrected chi connectivity index (χ3v) is 5.63. The SMILES string of the molecule is CN=C(NC1C2CCCOC2C1(C)C)N(C)CCOc1ccccc1.I. The number of guanidine groups is 1. The van der Waals surface area contributed by atoms with Crippen molar-refractivity contribution in [1.82, 2.24) is 10.2 Å². The highest BCUT2D eigenvalue weighted by Gasteiger charge is 2.58. The Kier molecular flexibility index (Phi) is 7.58. The standard InChI is InChI=1S/C20H31N3O2.HI/c1-20(2)17(16-11-8-13-25-18(16)20)22-19(21-3)23(4)12-14-24-15-9-6-5-7-10-15;/h5-7,9-10,16-18H,8,11-14H2,1-4H3,(H,21,22);1H. The lowest BCUT2D eigenvalue weighted by molar-refractivity contribution is -0.188. The van der Waals surface area contributed by atoms with Crippen molar-refractivity contribution in [2.24, 2.45) is 16.3 Å². The van der Waals surface area contributed by atoms with E-state index in [2.05, 4.69) is 36.1 Å². The second-order valence-electron chi connectivity index (χ2n) is 7.67. The van der Waals surface area contributed by atoms with Crippen molar-refractivity contribution < 1.29 is 9.47 Å². The predicted octanol–water partition coefficient (Wildman–Crippen LogP) is 3.39. The first kappa shape index (κ1) is 21.3. The summed E-state index contributed by atoms with van der Waals surface area (Å²) in [6, 6.07) is 10.3. The molecule has 2 fully saturated rings. The van der Waals surface area contributed by atoms with Gasteiger partial charge in [0.1, 0.15) is 12.4 Å². The van der Waals surface area contributed by atoms with Crippen LogP contribution in [0.4, 0.5) is 0 Å². The minimum atomic E-state index is 0. The Morgan fingerprint density at radius 3 is 2.77 bits per heavy atom. The van der Waals surface area contributed by atoms with E-state index < -0.39 is 0 Å². The van der Waals surface area contributed by atoms with Gasteiger partial charge in [0, 0.05) is 38.1 Å². The highest BCUT2D eigenvalue weighted by atomic mass is 127. The summed E-state index contributed by atoms with van der Waals surface area (Å²) >= 11 is 0. The van der Waals surface area contributed by atoms with Gasteiger partial charge in [0.25, 0.3) is 0 Å². The van der Waals surface area contributed by atoms with Crippen molar-refractivity contribution in [3.8, 4) is 5.75 Å². The van der Waals surface area contributed by atoms with Crippen molar-refractivity contribution >= 4 is 29.9 Å². The number of benzene rings is 1. The Labute approximate surface area is 174 Å². The number of ether oxygens (including phenoxy) is 2. The van der Waals surface area contributed by atoms with Crippen LogP contribution in [0.25, 0.3) is 0 Å². The van der Waals surface area contributed by atoms with Crippen LogP contribution in [0.2, 0.25) is 0 Å². The van der Waals surface area contributed by atoms with Gasteiger partial charge < -0.3 is 19.7 Å². The first-order chi connectivity index (χ1) is 12.0. The van der Waals surface area contributed by atoms with E-state index >= 15 is 0 Å². The molecular weight excluding hydrogens is 441 g/mol. The fourth-order valence-corrected chi connectivity index (χ4v) is 4.22. The Hall–Kier alpha value is -1.02. The lowest BCUT2D eigenvalue weighted by atomic mass is 9.55. The van der Waals surface area contributed by atoms with E-state index in [1.165, 1.54) is 6.42 Å². The highest BCUT2D eigenvalue weighted by Crippen LogP contribution is 2.51. The van der Waals surface area contributed by atoms with E-state index in [1.54, 1.807) is 0 Å². The Bertz CT molecular complexity index is 594. The summed E-state index contributed by atoms with van der Waals surface area (Å²) in [5, 5.41) is 3.68. The van der Waals surface area contributed by atoms with Crippen LogP contribution in [0.1, 0.15) is 26.7 Å². The molecule has 6 heteroatoms. The van der Waals surface area contributed by atoms with Gasteiger partial charge >= 0.3 is 0 Å². The quantitative estimate of drug-likeness (QED) is 0.405. The van der Waals surface area contributed by atoms with E-state index in [0.29, 0.717) is 24.7 Å². The van der Waals surface area contributed by atoms with Gasteiger partial charge in [-0.2, -0.15) is 0 Å². The van der Waals surface area contributed by atoms with Crippen molar-refractivity contribution in [3.05, 3.63) is 30.3 Å². The summed E-state index contributed by atoms with van der Waals surface area (Å²) in [6.07, 6.45) is 2.78. The second-order valence-corrected chi connectivity index (χ2v) is 7.67. The summed E-state index contributed by atoms with van der Waals surface area (Å²) < 4.78 is 11.8.